The molecule has 5 rings (SSSR count). The molecule has 4 heterocycles. The Bertz CT molecular complexity index is 1250. The second kappa shape index (κ2) is 6.73. The van der Waals surface area contributed by atoms with E-state index in [1.54, 1.807) is 13.0 Å². The molecule has 0 bridgehead atoms. The summed E-state index contributed by atoms with van der Waals surface area (Å²) in [7, 11) is 0. The number of aromatic nitrogens is 2. The minimum Gasteiger partial charge on any atom is -0.418 e. The summed E-state index contributed by atoms with van der Waals surface area (Å²) in [6.45, 7) is 1.50. The Morgan fingerprint density at radius 3 is 2.87 bits per heavy atom. The number of nitrogens with zero attached hydrogens (tertiary/aromatic N) is 2. The van der Waals surface area contributed by atoms with Crippen LogP contribution in [0.15, 0.2) is 41.2 Å². The number of hydrogen-bond acceptors (Lipinski definition) is 7. The maximum atomic E-state index is 13.3. The van der Waals surface area contributed by atoms with Crippen LogP contribution >= 0.6 is 0 Å². The molecule has 0 amide bonds. The molecule has 2 atom stereocenters. The number of ether oxygens (including phenoxy) is 2. The first-order chi connectivity index (χ1) is 14.5. The molecule has 2 N–H and O–H groups in total. The quantitative estimate of drug-likeness (QED) is 0.630. The highest BCUT2D eigenvalue weighted by Gasteiger charge is 2.44. The van der Waals surface area contributed by atoms with Gasteiger partial charge in [-0.15, -0.1) is 0 Å². The van der Waals surface area contributed by atoms with Crippen LogP contribution in [-0.2, 0) is 16.0 Å². The van der Waals surface area contributed by atoms with E-state index in [9.17, 15) is 19.8 Å². The molecule has 8 heteroatoms. The van der Waals surface area contributed by atoms with Gasteiger partial charge in [0.25, 0.3) is 5.56 Å². The van der Waals surface area contributed by atoms with E-state index in [1.807, 2.05) is 30.3 Å². The summed E-state index contributed by atoms with van der Waals surface area (Å²) in [6.07, 6.45) is -0.639. The summed E-state index contributed by atoms with van der Waals surface area (Å²) in [6, 6.07) is 11.2. The van der Waals surface area contributed by atoms with Crippen molar-refractivity contribution in [2.24, 2.45) is 0 Å². The second-order valence-electron chi connectivity index (χ2n) is 7.58. The molecular formula is C22H20N2O6. The average Bonchev–Trinajstić information content (AvgIpc) is 3.05. The van der Waals surface area contributed by atoms with Gasteiger partial charge in [-0.2, -0.15) is 0 Å². The molecule has 0 saturated carbocycles. The van der Waals surface area contributed by atoms with Crippen molar-refractivity contribution in [3.63, 3.8) is 0 Å². The second-order valence-corrected chi connectivity index (χ2v) is 7.58. The van der Waals surface area contributed by atoms with Crippen LogP contribution in [0.25, 0.3) is 22.3 Å². The molecular weight excluding hydrogens is 388 g/mol. The van der Waals surface area contributed by atoms with Crippen LogP contribution in [0.5, 0.6) is 5.75 Å². The predicted octanol–water partition coefficient (Wildman–Crippen LogP) is 1.54. The molecule has 2 unspecified atom stereocenters. The third kappa shape index (κ3) is 2.61. The molecule has 0 radical (unpaired) electrons. The Morgan fingerprint density at radius 1 is 1.30 bits per heavy atom. The number of para-hydroxylation sites is 1. The summed E-state index contributed by atoms with van der Waals surface area (Å²) >= 11 is 0. The number of rotatable bonds is 4. The summed E-state index contributed by atoms with van der Waals surface area (Å²) in [4.78, 5) is 30.4. The van der Waals surface area contributed by atoms with Crippen LogP contribution in [0, 0.1) is 0 Å². The van der Waals surface area contributed by atoms with Crippen molar-refractivity contribution in [1.82, 2.24) is 9.55 Å². The Hall–Kier alpha value is -3.07. The number of fused-ring (bicyclic) bond motifs is 5. The van der Waals surface area contributed by atoms with E-state index in [-0.39, 0.29) is 31.8 Å². The molecule has 154 valence electrons. The van der Waals surface area contributed by atoms with Crippen LogP contribution in [-0.4, -0.2) is 44.5 Å². The van der Waals surface area contributed by atoms with E-state index in [2.05, 4.69) is 0 Å². The molecule has 1 aromatic carbocycles. The maximum Gasteiger partial charge on any atom is 0.344 e. The first-order valence-corrected chi connectivity index (χ1v) is 9.82. The number of aliphatic hydroxyl groups is 2. The van der Waals surface area contributed by atoms with Gasteiger partial charge in [0.2, 0.25) is 0 Å². The van der Waals surface area contributed by atoms with Gasteiger partial charge in [0, 0.05) is 22.9 Å². The lowest BCUT2D eigenvalue weighted by Gasteiger charge is -2.30. The van der Waals surface area contributed by atoms with Crippen LogP contribution in [0.3, 0.4) is 0 Å². The smallest absolute Gasteiger partial charge is 0.344 e. The molecule has 0 fully saturated rings. The van der Waals surface area contributed by atoms with Crippen LogP contribution in [0.2, 0.25) is 0 Å². The van der Waals surface area contributed by atoms with Gasteiger partial charge < -0.3 is 19.7 Å². The van der Waals surface area contributed by atoms with Gasteiger partial charge in [0.05, 0.1) is 30.1 Å². The number of hydrogen-bond donors (Lipinski definition) is 2. The van der Waals surface area contributed by atoms with Crippen molar-refractivity contribution in [3.8, 4) is 17.1 Å². The summed E-state index contributed by atoms with van der Waals surface area (Å²) in [5, 5.41) is 20.7. The van der Waals surface area contributed by atoms with Crippen molar-refractivity contribution in [2.45, 2.75) is 31.6 Å². The topological polar surface area (TPSA) is 111 Å². The minimum absolute atomic E-state index is 0.00811. The van der Waals surface area contributed by atoms with Crippen LogP contribution < -0.4 is 10.3 Å². The van der Waals surface area contributed by atoms with Crippen molar-refractivity contribution in [3.05, 3.63) is 57.9 Å². The zero-order chi connectivity index (χ0) is 21.0. The van der Waals surface area contributed by atoms with Crippen molar-refractivity contribution < 1.29 is 24.5 Å². The van der Waals surface area contributed by atoms with Gasteiger partial charge in [-0.25, -0.2) is 9.78 Å². The highest BCUT2D eigenvalue weighted by Crippen LogP contribution is 2.42. The fraction of sp³-hybridized carbons (Fsp3) is 0.318. The lowest BCUT2D eigenvalue weighted by molar-refractivity contribution is -0.158. The maximum absolute atomic E-state index is 13.3. The fourth-order valence-corrected chi connectivity index (χ4v) is 4.15. The minimum atomic E-state index is -1.66. The SMILES string of the molecule is CCC1(O)Cc2cc3n(c(=O)c2OC1=O)C(OCCO)c1cc2ccccc2nc1-3. The number of carbonyl (C=O) groups excluding carboxylic acids is 1. The lowest BCUT2D eigenvalue weighted by atomic mass is 9.89. The molecule has 8 nitrogen and oxygen atoms in total. The largest absolute Gasteiger partial charge is 0.418 e. The van der Waals surface area contributed by atoms with Gasteiger partial charge in [0.1, 0.15) is 0 Å². The molecule has 2 aliphatic rings. The third-order valence-electron chi connectivity index (χ3n) is 5.78. The van der Waals surface area contributed by atoms with Gasteiger partial charge in [-0.1, -0.05) is 25.1 Å². The lowest BCUT2D eigenvalue weighted by Crippen LogP contribution is -2.48. The van der Waals surface area contributed by atoms with E-state index >= 15 is 0 Å². The Morgan fingerprint density at radius 2 is 2.10 bits per heavy atom. The van der Waals surface area contributed by atoms with Gasteiger partial charge in [0.15, 0.2) is 17.6 Å². The number of pyridine rings is 2. The normalized spacial score (nSPS) is 21.8. The molecule has 0 saturated heterocycles. The Labute approximate surface area is 171 Å². The van der Waals surface area contributed by atoms with E-state index < -0.39 is 23.4 Å². The molecule has 2 aliphatic heterocycles. The predicted molar refractivity (Wildman–Crippen MR) is 107 cm³/mol. The third-order valence-corrected chi connectivity index (χ3v) is 5.78. The number of carbonyl (C=O) groups is 1. The van der Waals surface area contributed by atoms with Crippen LogP contribution in [0.1, 0.15) is 30.7 Å². The standard InChI is InChI=1S/C22H20N2O6/c1-2-22(28)11-13-10-16-17-14(9-12-5-3-4-6-15(12)23-17)20(29-8-7-25)24(16)19(26)18(13)30-21(22)27/h3-6,9-10,20,25,28H,2,7-8,11H2,1H3. The van der Waals surface area contributed by atoms with Gasteiger partial charge in [-0.05, 0) is 24.6 Å². The summed E-state index contributed by atoms with van der Waals surface area (Å²) < 4.78 is 12.5. The highest BCUT2D eigenvalue weighted by molar-refractivity contribution is 5.86. The van der Waals surface area contributed by atoms with Gasteiger partial charge >= 0.3 is 5.97 Å². The average molecular weight is 408 g/mol. The molecule has 0 spiro atoms. The van der Waals surface area contributed by atoms with E-state index in [1.165, 1.54) is 4.57 Å². The van der Waals surface area contributed by atoms with Crippen molar-refractivity contribution in [1.29, 1.82) is 0 Å². The molecule has 0 aliphatic carbocycles. The van der Waals surface area contributed by atoms with E-state index in [0.29, 0.717) is 22.5 Å². The van der Waals surface area contributed by atoms with E-state index in [4.69, 9.17) is 14.5 Å². The molecule has 30 heavy (non-hydrogen) atoms. The van der Waals surface area contributed by atoms with E-state index in [0.717, 1.165) is 10.9 Å². The zero-order valence-corrected chi connectivity index (χ0v) is 16.3. The van der Waals surface area contributed by atoms with Crippen molar-refractivity contribution in [2.75, 3.05) is 13.2 Å². The Balaban J connectivity index is 1.76. The first kappa shape index (κ1) is 18.9. The Kier molecular flexibility index (Phi) is 4.25. The molecule has 2 aromatic heterocycles. The zero-order valence-electron chi connectivity index (χ0n) is 16.3. The van der Waals surface area contributed by atoms with Crippen molar-refractivity contribution >= 4 is 16.9 Å². The van der Waals surface area contributed by atoms with Gasteiger partial charge in [-0.3, -0.25) is 9.36 Å². The number of aliphatic hydroxyl groups excluding tert-OH is 1. The van der Waals surface area contributed by atoms with Crippen LogP contribution in [0.4, 0.5) is 0 Å². The monoisotopic (exact) mass is 408 g/mol. The fourth-order valence-electron chi connectivity index (χ4n) is 4.15. The molecule has 3 aromatic rings. The number of esters is 1. The highest BCUT2D eigenvalue weighted by atomic mass is 16.6. The number of benzene rings is 1. The summed E-state index contributed by atoms with van der Waals surface area (Å²) in [5.74, 6) is -0.931. The summed E-state index contributed by atoms with van der Waals surface area (Å²) in [5.41, 5.74) is 0.847. The first-order valence-electron chi connectivity index (χ1n) is 9.82.